The van der Waals surface area contributed by atoms with E-state index in [1.807, 2.05) is 31.2 Å². The summed E-state index contributed by atoms with van der Waals surface area (Å²) in [7, 11) is 0. The van der Waals surface area contributed by atoms with Gasteiger partial charge in [0.05, 0.1) is 17.8 Å². The summed E-state index contributed by atoms with van der Waals surface area (Å²) >= 11 is 5.94. The number of benzene rings is 1. The highest BCUT2D eigenvalue weighted by Crippen LogP contribution is 2.21. The summed E-state index contributed by atoms with van der Waals surface area (Å²) in [5, 5.41) is 20.5. The molecule has 0 aliphatic carbocycles. The Morgan fingerprint density at radius 2 is 2.22 bits per heavy atom. The molecule has 4 nitrogen and oxygen atoms in total. The molecule has 5 heteroatoms. The average molecular weight is 259 g/mol. The second kappa shape index (κ2) is 5.48. The lowest BCUT2D eigenvalue weighted by Gasteiger charge is -2.15. The third-order valence-electron chi connectivity index (χ3n) is 2.54. The Bertz CT molecular complexity index is 592. The van der Waals surface area contributed by atoms with Crippen LogP contribution in [0.25, 0.3) is 0 Å². The van der Waals surface area contributed by atoms with E-state index >= 15 is 0 Å². The van der Waals surface area contributed by atoms with Gasteiger partial charge in [0.2, 0.25) is 0 Å². The SMILES string of the molecule is CC(Nc1nnccc1C#N)c1cccc(Cl)c1. The Balaban J connectivity index is 2.22. The smallest absolute Gasteiger partial charge is 0.167 e. The van der Waals surface area contributed by atoms with Crippen LogP contribution in [-0.2, 0) is 0 Å². The summed E-state index contributed by atoms with van der Waals surface area (Å²) in [4.78, 5) is 0. The van der Waals surface area contributed by atoms with Crippen molar-refractivity contribution < 1.29 is 0 Å². The fourth-order valence-electron chi connectivity index (χ4n) is 1.59. The Morgan fingerprint density at radius 3 is 2.94 bits per heavy atom. The van der Waals surface area contributed by atoms with Crippen LogP contribution in [-0.4, -0.2) is 10.2 Å². The molecule has 0 radical (unpaired) electrons. The molecule has 0 spiro atoms. The zero-order valence-corrected chi connectivity index (χ0v) is 10.5. The van der Waals surface area contributed by atoms with E-state index in [9.17, 15) is 0 Å². The maximum atomic E-state index is 8.97. The summed E-state index contributed by atoms with van der Waals surface area (Å²) in [6, 6.07) is 11.2. The molecule has 0 saturated carbocycles. The van der Waals surface area contributed by atoms with Crippen LogP contribution in [0.1, 0.15) is 24.1 Å². The lowest BCUT2D eigenvalue weighted by Crippen LogP contribution is -2.09. The normalized spacial score (nSPS) is 11.6. The predicted molar refractivity (Wildman–Crippen MR) is 70.2 cm³/mol. The van der Waals surface area contributed by atoms with Crippen molar-refractivity contribution in [3.63, 3.8) is 0 Å². The van der Waals surface area contributed by atoms with Crippen LogP contribution in [0.5, 0.6) is 0 Å². The number of hydrogen-bond donors (Lipinski definition) is 1. The lowest BCUT2D eigenvalue weighted by molar-refractivity contribution is 0.859. The highest BCUT2D eigenvalue weighted by atomic mass is 35.5. The fraction of sp³-hybridized carbons (Fsp3) is 0.154. The van der Waals surface area contributed by atoms with E-state index in [1.54, 1.807) is 6.07 Å². The van der Waals surface area contributed by atoms with Crippen LogP contribution in [0.2, 0.25) is 5.02 Å². The van der Waals surface area contributed by atoms with Crippen LogP contribution >= 0.6 is 11.6 Å². The highest BCUT2D eigenvalue weighted by molar-refractivity contribution is 6.30. The number of aromatic nitrogens is 2. The number of halogens is 1. The van der Waals surface area contributed by atoms with Crippen molar-refractivity contribution >= 4 is 17.4 Å². The molecule has 0 fully saturated rings. The number of hydrogen-bond acceptors (Lipinski definition) is 4. The van der Waals surface area contributed by atoms with Gasteiger partial charge < -0.3 is 5.32 Å². The van der Waals surface area contributed by atoms with Crippen molar-refractivity contribution in [2.75, 3.05) is 5.32 Å². The number of anilines is 1. The molecule has 1 N–H and O–H groups in total. The number of rotatable bonds is 3. The van der Waals surface area contributed by atoms with E-state index < -0.39 is 0 Å². The van der Waals surface area contributed by atoms with Crippen molar-refractivity contribution in [1.82, 2.24) is 10.2 Å². The largest absolute Gasteiger partial charge is 0.361 e. The minimum absolute atomic E-state index is 0.00694. The lowest BCUT2D eigenvalue weighted by atomic mass is 10.1. The van der Waals surface area contributed by atoms with Gasteiger partial charge in [0.15, 0.2) is 5.82 Å². The van der Waals surface area contributed by atoms with Crippen LogP contribution in [0.15, 0.2) is 36.5 Å². The molecule has 0 saturated heterocycles. The molecule has 18 heavy (non-hydrogen) atoms. The van der Waals surface area contributed by atoms with Crippen LogP contribution in [0.4, 0.5) is 5.82 Å². The molecule has 0 aliphatic heterocycles. The quantitative estimate of drug-likeness (QED) is 0.919. The van der Waals surface area contributed by atoms with E-state index in [4.69, 9.17) is 16.9 Å². The second-order valence-corrected chi connectivity index (χ2v) is 4.26. The molecule has 90 valence electrons. The summed E-state index contributed by atoms with van der Waals surface area (Å²) in [6.45, 7) is 1.97. The number of nitrogens with zero attached hydrogens (tertiary/aromatic N) is 3. The monoisotopic (exact) mass is 258 g/mol. The average Bonchev–Trinajstić information content (AvgIpc) is 2.39. The number of nitriles is 1. The van der Waals surface area contributed by atoms with Gasteiger partial charge in [-0.2, -0.15) is 10.4 Å². The van der Waals surface area contributed by atoms with Gasteiger partial charge in [-0.25, -0.2) is 0 Å². The molecule has 1 aromatic carbocycles. The van der Waals surface area contributed by atoms with Gasteiger partial charge in [-0.1, -0.05) is 23.7 Å². The summed E-state index contributed by atoms with van der Waals surface area (Å²) in [6.07, 6.45) is 1.49. The standard InChI is InChI=1S/C13H11ClN4/c1-9(10-3-2-4-12(14)7-10)17-13-11(8-15)5-6-16-18-13/h2-7,9H,1H3,(H,17,18). The number of nitrogens with one attached hydrogen (secondary N) is 1. The molecule has 1 unspecified atom stereocenters. The first-order valence-electron chi connectivity index (χ1n) is 5.44. The van der Waals surface area contributed by atoms with Gasteiger partial charge in [-0.3, -0.25) is 0 Å². The van der Waals surface area contributed by atoms with Crippen LogP contribution < -0.4 is 5.32 Å². The van der Waals surface area contributed by atoms with Crippen LogP contribution in [0, 0.1) is 11.3 Å². The van der Waals surface area contributed by atoms with Crippen molar-refractivity contribution in [3.05, 3.63) is 52.7 Å². The molecule has 1 aromatic heterocycles. The maximum Gasteiger partial charge on any atom is 0.167 e. The first-order valence-corrected chi connectivity index (χ1v) is 5.82. The topological polar surface area (TPSA) is 61.6 Å². The third kappa shape index (κ3) is 2.76. The van der Waals surface area contributed by atoms with Gasteiger partial charge in [0.25, 0.3) is 0 Å². The van der Waals surface area contributed by atoms with E-state index in [2.05, 4.69) is 21.6 Å². The Morgan fingerprint density at radius 1 is 1.39 bits per heavy atom. The second-order valence-electron chi connectivity index (χ2n) is 3.83. The molecule has 2 aromatic rings. The van der Waals surface area contributed by atoms with E-state index in [0.29, 0.717) is 16.4 Å². The van der Waals surface area contributed by atoms with E-state index in [1.165, 1.54) is 6.20 Å². The maximum absolute atomic E-state index is 8.97. The first kappa shape index (κ1) is 12.3. The minimum Gasteiger partial charge on any atom is -0.361 e. The zero-order chi connectivity index (χ0) is 13.0. The predicted octanol–water partition coefficient (Wildman–Crippen LogP) is 3.17. The summed E-state index contributed by atoms with van der Waals surface area (Å²) in [5.41, 5.74) is 1.50. The Kier molecular flexibility index (Phi) is 3.75. The third-order valence-corrected chi connectivity index (χ3v) is 2.78. The van der Waals surface area contributed by atoms with E-state index in [0.717, 1.165) is 5.56 Å². The fourth-order valence-corrected chi connectivity index (χ4v) is 1.79. The highest BCUT2D eigenvalue weighted by Gasteiger charge is 2.09. The molecular weight excluding hydrogens is 248 g/mol. The zero-order valence-electron chi connectivity index (χ0n) is 9.76. The summed E-state index contributed by atoms with van der Waals surface area (Å²) < 4.78 is 0. The van der Waals surface area contributed by atoms with Crippen molar-refractivity contribution in [1.29, 1.82) is 5.26 Å². The molecule has 2 rings (SSSR count). The molecule has 1 atom stereocenters. The molecule has 0 amide bonds. The van der Waals surface area contributed by atoms with Crippen molar-refractivity contribution in [2.24, 2.45) is 0 Å². The van der Waals surface area contributed by atoms with Gasteiger partial charge in [0.1, 0.15) is 6.07 Å². The Labute approximate surface area is 110 Å². The molecule has 0 bridgehead atoms. The molecular formula is C13H11ClN4. The van der Waals surface area contributed by atoms with Gasteiger partial charge in [-0.15, -0.1) is 5.10 Å². The first-order chi connectivity index (χ1) is 8.70. The summed E-state index contributed by atoms with van der Waals surface area (Å²) in [5.74, 6) is 0.479. The van der Waals surface area contributed by atoms with Gasteiger partial charge in [-0.05, 0) is 30.7 Å². The van der Waals surface area contributed by atoms with Crippen molar-refractivity contribution in [3.8, 4) is 6.07 Å². The van der Waals surface area contributed by atoms with E-state index in [-0.39, 0.29) is 6.04 Å². The molecule has 1 heterocycles. The van der Waals surface area contributed by atoms with Gasteiger partial charge in [0, 0.05) is 5.02 Å². The van der Waals surface area contributed by atoms with Crippen LogP contribution in [0.3, 0.4) is 0 Å². The minimum atomic E-state index is -0.00694. The Hall–Kier alpha value is -2.12. The molecule has 0 aliphatic rings. The van der Waals surface area contributed by atoms with Crippen molar-refractivity contribution in [2.45, 2.75) is 13.0 Å². The van der Waals surface area contributed by atoms with Gasteiger partial charge >= 0.3 is 0 Å².